The van der Waals surface area contributed by atoms with Crippen molar-refractivity contribution < 1.29 is 0 Å². The Balaban J connectivity index is 2.34. The van der Waals surface area contributed by atoms with Gasteiger partial charge in [0.05, 0.1) is 0 Å². The number of rotatable bonds is 3. The Morgan fingerprint density at radius 3 is 2.10 bits per heavy atom. The number of halogens is 1. The molecule has 0 atom stereocenters. The van der Waals surface area contributed by atoms with Crippen LogP contribution in [0.25, 0.3) is 11.1 Å². The van der Waals surface area contributed by atoms with Crippen molar-refractivity contribution >= 4 is 11.6 Å². The summed E-state index contributed by atoms with van der Waals surface area (Å²) < 4.78 is 0. The summed E-state index contributed by atoms with van der Waals surface area (Å²) in [7, 11) is 1.93. The van der Waals surface area contributed by atoms with E-state index in [-0.39, 0.29) is 5.41 Å². The molecule has 1 nitrogen and oxygen atoms in total. The zero-order chi connectivity index (χ0) is 14.8. The van der Waals surface area contributed by atoms with E-state index >= 15 is 0 Å². The Labute approximate surface area is 127 Å². The standard InChI is InChI=1S/C18H22ClN/c1-18(2,3)16-8-5-13(6-9-16)14-7-10-17(19)15(11-14)12-20-4/h5-11,20H,12H2,1-4H3. The predicted octanol–water partition coefficient (Wildman–Crippen LogP) is 5.02. The maximum absolute atomic E-state index is 6.21. The lowest BCUT2D eigenvalue weighted by atomic mass is 9.86. The molecule has 0 saturated carbocycles. The first-order valence-electron chi connectivity index (χ1n) is 6.96. The molecular formula is C18H22ClN. The zero-order valence-corrected chi connectivity index (χ0v) is 13.4. The zero-order valence-electron chi connectivity index (χ0n) is 12.6. The van der Waals surface area contributed by atoms with E-state index in [1.165, 1.54) is 16.7 Å². The van der Waals surface area contributed by atoms with Gasteiger partial charge in [0.15, 0.2) is 0 Å². The average molecular weight is 288 g/mol. The number of hydrogen-bond acceptors (Lipinski definition) is 1. The van der Waals surface area contributed by atoms with Crippen LogP contribution in [0.2, 0.25) is 5.02 Å². The summed E-state index contributed by atoms with van der Waals surface area (Å²) in [5.41, 5.74) is 5.11. The van der Waals surface area contributed by atoms with Gasteiger partial charge in [-0.15, -0.1) is 0 Å². The molecule has 2 aromatic rings. The van der Waals surface area contributed by atoms with Crippen LogP contribution >= 0.6 is 11.6 Å². The molecule has 2 rings (SSSR count). The van der Waals surface area contributed by atoms with Gasteiger partial charge < -0.3 is 5.32 Å². The fourth-order valence-corrected chi connectivity index (χ4v) is 2.43. The van der Waals surface area contributed by atoms with Crippen molar-refractivity contribution in [2.45, 2.75) is 32.7 Å². The molecule has 0 bridgehead atoms. The maximum atomic E-state index is 6.21. The Bertz CT molecular complexity index is 579. The average Bonchev–Trinajstić information content (AvgIpc) is 2.41. The third-order valence-electron chi connectivity index (χ3n) is 3.50. The van der Waals surface area contributed by atoms with Crippen LogP contribution in [0.15, 0.2) is 42.5 Å². The van der Waals surface area contributed by atoms with Gasteiger partial charge in [0, 0.05) is 11.6 Å². The van der Waals surface area contributed by atoms with Crippen LogP contribution in [0.1, 0.15) is 31.9 Å². The van der Waals surface area contributed by atoms with Gasteiger partial charge in [0.2, 0.25) is 0 Å². The van der Waals surface area contributed by atoms with E-state index in [1.54, 1.807) is 0 Å². The van der Waals surface area contributed by atoms with E-state index in [0.717, 1.165) is 17.1 Å². The van der Waals surface area contributed by atoms with Crippen LogP contribution < -0.4 is 5.32 Å². The lowest BCUT2D eigenvalue weighted by Crippen LogP contribution is -2.10. The highest BCUT2D eigenvalue weighted by molar-refractivity contribution is 6.31. The molecule has 0 aromatic heterocycles. The van der Waals surface area contributed by atoms with Crippen molar-refractivity contribution in [2.24, 2.45) is 0 Å². The van der Waals surface area contributed by atoms with Crippen molar-refractivity contribution in [1.82, 2.24) is 5.32 Å². The highest BCUT2D eigenvalue weighted by Gasteiger charge is 2.13. The van der Waals surface area contributed by atoms with Crippen molar-refractivity contribution in [3.8, 4) is 11.1 Å². The van der Waals surface area contributed by atoms with Gasteiger partial charge in [-0.2, -0.15) is 0 Å². The number of hydrogen-bond donors (Lipinski definition) is 1. The van der Waals surface area contributed by atoms with Crippen molar-refractivity contribution in [2.75, 3.05) is 7.05 Å². The first-order valence-corrected chi connectivity index (χ1v) is 7.33. The highest BCUT2D eigenvalue weighted by atomic mass is 35.5. The highest BCUT2D eigenvalue weighted by Crippen LogP contribution is 2.28. The van der Waals surface area contributed by atoms with Gasteiger partial charge in [-0.1, -0.05) is 62.7 Å². The molecule has 0 amide bonds. The van der Waals surface area contributed by atoms with Crippen LogP contribution in [0, 0.1) is 0 Å². The minimum atomic E-state index is 0.190. The van der Waals surface area contributed by atoms with E-state index in [1.807, 2.05) is 13.1 Å². The van der Waals surface area contributed by atoms with Gasteiger partial charge in [0.1, 0.15) is 0 Å². The first kappa shape index (κ1) is 15.1. The monoisotopic (exact) mass is 287 g/mol. The van der Waals surface area contributed by atoms with Crippen LogP contribution in [0.4, 0.5) is 0 Å². The van der Waals surface area contributed by atoms with Crippen molar-refractivity contribution in [3.05, 3.63) is 58.6 Å². The van der Waals surface area contributed by atoms with Gasteiger partial charge in [0.25, 0.3) is 0 Å². The molecule has 0 aliphatic rings. The van der Waals surface area contributed by atoms with Gasteiger partial charge in [-0.25, -0.2) is 0 Å². The Morgan fingerprint density at radius 2 is 1.55 bits per heavy atom. The smallest absolute Gasteiger partial charge is 0.0451 e. The molecule has 0 unspecified atom stereocenters. The van der Waals surface area contributed by atoms with Crippen LogP contribution in [0.5, 0.6) is 0 Å². The molecular weight excluding hydrogens is 266 g/mol. The van der Waals surface area contributed by atoms with Crippen LogP contribution in [0.3, 0.4) is 0 Å². The second-order valence-corrected chi connectivity index (χ2v) is 6.57. The second kappa shape index (κ2) is 5.99. The van der Waals surface area contributed by atoms with E-state index in [2.05, 4.69) is 62.5 Å². The first-order chi connectivity index (χ1) is 9.41. The van der Waals surface area contributed by atoms with Crippen LogP contribution in [-0.2, 0) is 12.0 Å². The third-order valence-corrected chi connectivity index (χ3v) is 3.87. The summed E-state index contributed by atoms with van der Waals surface area (Å²) in [5.74, 6) is 0. The molecule has 2 heteroatoms. The molecule has 106 valence electrons. The van der Waals surface area contributed by atoms with E-state index in [0.29, 0.717) is 0 Å². The molecule has 20 heavy (non-hydrogen) atoms. The summed E-state index contributed by atoms with van der Waals surface area (Å²) in [4.78, 5) is 0. The molecule has 0 heterocycles. The lowest BCUT2D eigenvalue weighted by molar-refractivity contribution is 0.590. The molecule has 0 aliphatic heterocycles. The molecule has 2 aromatic carbocycles. The molecule has 0 spiro atoms. The van der Waals surface area contributed by atoms with Gasteiger partial charge in [-0.05, 0) is 46.8 Å². The summed E-state index contributed by atoms with van der Waals surface area (Å²) in [6.45, 7) is 7.48. The molecule has 1 N–H and O–H groups in total. The minimum Gasteiger partial charge on any atom is -0.316 e. The minimum absolute atomic E-state index is 0.190. The maximum Gasteiger partial charge on any atom is 0.0451 e. The van der Waals surface area contributed by atoms with E-state index in [4.69, 9.17) is 11.6 Å². The molecule has 0 radical (unpaired) electrons. The SMILES string of the molecule is CNCc1cc(-c2ccc(C(C)(C)C)cc2)ccc1Cl. The number of benzene rings is 2. The fourth-order valence-electron chi connectivity index (χ4n) is 2.24. The quantitative estimate of drug-likeness (QED) is 0.835. The van der Waals surface area contributed by atoms with E-state index in [9.17, 15) is 0 Å². The second-order valence-electron chi connectivity index (χ2n) is 6.16. The summed E-state index contributed by atoms with van der Waals surface area (Å²) >= 11 is 6.21. The van der Waals surface area contributed by atoms with Crippen molar-refractivity contribution in [3.63, 3.8) is 0 Å². The van der Waals surface area contributed by atoms with Gasteiger partial charge >= 0.3 is 0 Å². The Kier molecular flexibility index (Phi) is 4.52. The molecule has 0 saturated heterocycles. The normalized spacial score (nSPS) is 11.7. The number of nitrogens with one attached hydrogen (secondary N) is 1. The summed E-state index contributed by atoms with van der Waals surface area (Å²) in [5, 5.41) is 3.96. The third kappa shape index (κ3) is 3.41. The van der Waals surface area contributed by atoms with Crippen LogP contribution in [-0.4, -0.2) is 7.05 Å². The Morgan fingerprint density at radius 1 is 0.950 bits per heavy atom. The Hall–Kier alpha value is -1.31. The topological polar surface area (TPSA) is 12.0 Å². The van der Waals surface area contributed by atoms with E-state index < -0.39 is 0 Å². The largest absolute Gasteiger partial charge is 0.316 e. The predicted molar refractivity (Wildman–Crippen MR) is 88.4 cm³/mol. The summed E-state index contributed by atoms with van der Waals surface area (Å²) in [6.07, 6.45) is 0. The fraction of sp³-hybridized carbons (Fsp3) is 0.333. The molecule has 0 aliphatic carbocycles. The summed E-state index contributed by atoms with van der Waals surface area (Å²) in [6, 6.07) is 15.0. The van der Waals surface area contributed by atoms with Gasteiger partial charge in [-0.3, -0.25) is 0 Å². The van der Waals surface area contributed by atoms with Crippen molar-refractivity contribution in [1.29, 1.82) is 0 Å². The molecule has 0 fully saturated rings. The lowest BCUT2D eigenvalue weighted by Gasteiger charge is -2.19.